The number of carbonyl (C=O) groups is 1. The summed E-state index contributed by atoms with van der Waals surface area (Å²) in [6.45, 7) is 5.08. The first-order chi connectivity index (χ1) is 21.0. The van der Waals surface area contributed by atoms with Gasteiger partial charge < -0.3 is 14.7 Å². The smallest absolute Gasteiger partial charge is 0.332 e. The molecule has 3 aromatic carbocycles. The van der Waals surface area contributed by atoms with E-state index >= 15 is 0 Å². The van der Waals surface area contributed by atoms with Crippen molar-refractivity contribution in [1.29, 1.82) is 0 Å². The van der Waals surface area contributed by atoms with Crippen LogP contribution in [0.3, 0.4) is 0 Å². The highest BCUT2D eigenvalue weighted by Gasteiger charge is 2.26. The number of fused-ring (bicyclic) bond motifs is 1. The number of likely N-dealkylation sites (tertiary alicyclic amines) is 1. The van der Waals surface area contributed by atoms with E-state index in [2.05, 4.69) is 53.4 Å². The lowest BCUT2D eigenvalue weighted by Crippen LogP contribution is -2.44. The van der Waals surface area contributed by atoms with Gasteiger partial charge in [0.05, 0.1) is 17.0 Å². The Kier molecular flexibility index (Phi) is 10.2. The highest BCUT2D eigenvalue weighted by Crippen LogP contribution is 2.30. The summed E-state index contributed by atoms with van der Waals surface area (Å²) >= 11 is 0. The first-order valence-electron chi connectivity index (χ1n) is 15.4. The maximum absolute atomic E-state index is 13.5. The molecule has 4 aromatic rings. The van der Waals surface area contributed by atoms with Crippen molar-refractivity contribution in [2.45, 2.75) is 70.2 Å². The van der Waals surface area contributed by atoms with Crippen LogP contribution in [0.1, 0.15) is 68.7 Å². The molecule has 1 unspecified atom stereocenters. The fourth-order valence-electron chi connectivity index (χ4n) is 6.14. The quantitative estimate of drug-likeness (QED) is 0.205. The number of ether oxygens (including phenoxy) is 1. The summed E-state index contributed by atoms with van der Waals surface area (Å²) in [5.41, 5.74) is 1.79. The predicted molar refractivity (Wildman–Crippen MR) is 169 cm³/mol. The molecule has 1 aliphatic heterocycles. The highest BCUT2D eigenvalue weighted by atomic mass is 16.5. The third-order valence-corrected chi connectivity index (χ3v) is 8.41. The van der Waals surface area contributed by atoms with Crippen LogP contribution in [0.2, 0.25) is 0 Å². The van der Waals surface area contributed by atoms with E-state index in [9.17, 15) is 19.5 Å². The van der Waals surface area contributed by atoms with E-state index in [4.69, 9.17) is 4.74 Å². The standard InChI is InChI=1S/C35H41N3O5/c1-2-13-31(34(40)41)38-33(39)29-18-9-10-19-30(29)37(35(38)42)23-12-11-22-36-24-20-28(21-25-36)43-32(26-14-5-3-6-15-26)27-16-7-4-8-17-27/h3-10,14-19,28,31-32H,2,11-13,20-25H2,1H3,(H,40,41). The minimum Gasteiger partial charge on any atom is -0.480 e. The Bertz CT molecular complexity index is 1570. The summed E-state index contributed by atoms with van der Waals surface area (Å²) in [5.74, 6) is -1.16. The molecule has 2 heterocycles. The van der Waals surface area contributed by atoms with Gasteiger partial charge in [-0.3, -0.25) is 9.36 Å². The largest absolute Gasteiger partial charge is 0.480 e. The molecule has 0 aliphatic carbocycles. The lowest BCUT2D eigenvalue weighted by molar-refractivity contribution is -0.141. The second-order valence-corrected chi connectivity index (χ2v) is 11.4. The van der Waals surface area contributed by atoms with E-state index < -0.39 is 23.3 Å². The number of piperidine rings is 1. The average Bonchev–Trinajstić information content (AvgIpc) is 3.04. The number of benzene rings is 3. The van der Waals surface area contributed by atoms with E-state index in [1.54, 1.807) is 28.8 Å². The number of aryl methyl sites for hydroxylation is 1. The Morgan fingerprint density at radius 1 is 0.860 bits per heavy atom. The van der Waals surface area contributed by atoms with E-state index in [0.717, 1.165) is 61.0 Å². The number of para-hydroxylation sites is 1. The van der Waals surface area contributed by atoms with Crippen LogP contribution in [-0.4, -0.2) is 50.8 Å². The fraction of sp³-hybridized carbons (Fsp3) is 0.400. The van der Waals surface area contributed by atoms with Gasteiger partial charge in [-0.1, -0.05) is 86.1 Å². The maximum Gasteiger partial charge on any atom is 0.332 e. The van der Waals surface area contributed by atoms with Gasteiger partial charge >= 0.3 is 11.7 Å². The number of unbranched alkanes of at least 4 members (excludes halogenated alkanes) is 1. The molecular formula is C35H41N3O5. The molecule has 226 valence electrons. The van der Waals surface area contributed by atoms with Gasteiger partial charge in [-0.25, -0.2) is 14.2 Å². The molecular weight excluding hydrogens is 542 g/mol. The molecule has 5 rings (SSSR count). The topological polar surface area (TPSA) is 93.8 Å². The Morgan fingerprint density at radius 2 is 1.44 bits per heavy atom. The van der Waals surface area contributed by atoms with Gasteiger partial charge in [-0.2, -0.15) is 0 Å². The zero-order valence-electron chi connectivity index (χ0n) is 24.8. The van der Waals surface area contributed by atoms with Crippen molar-refractivity contribution >= 4 is 16.9 Å². The predicted octanol–water partition coefficient (Wildman–Crippen LogP) is 5.64. The molecule has 1 saturated heterocycles. The van der Waals surface area contributed by atoms with Crippen LogP contribution in [0.4, 0.5) is 0 Å². The molecule has 0 bridgehead atoms. The molecule has 0 saturated carbocycles. The Morgan fingerprint density at radius 3 is 2.05 bits per heavy atom. The summed E-state index contributed by atoms with van der Waals surface area (Å²) < 4.78 is 9.21. The zero-order chi connectivity index (χ0) is 30.2. The summed E-state index contributed by atoms with van der Waals surface area (Å²) in [5, 5.41) is 10.2. The third-order valence-electron chi connectivity index (χ3n) is 8.41. The monoisotopic (exact) mass is 583 g/mol. The van der Waals surface area contributed by atoms with E-state index in [-0.39, 0.29) is 18.6 Å². The van der Waals surface area contributed by atoms with Crippen molar-refractivity contribution in [1.82, 2.24) is 14.0 Å². The molecule has 8 heteroatoms. The molecule has 0 spiro atoms. The number of carboxylic acid groups (broad SMARTS) is 1. The molecule has 0 amide bonds. The Labute approximate surface area is 252 Å². The lowest BCUT2D eigenvalue weighted by atomic mass is 10.00. The van der Waals surface area contributed by atoms with Gasteiger partial charge in [-0.05, 0) is 61.9 Å². The number of carboxylic acids is 1. The van der Waals surface area contributed by atoms with Crippen molar-refractivity contribution in [2.24, 2.45) is 0 Å². The first kappa shape index (κ1) is 30.4. The van der Waals surface area contributed by atoms with E-state index in [1.165, 1.54) is 0 Å². The second kappa shape index (κ2) is 14.4. The van der Waals surface area contributed by atoms with Crippen LogP contribution in [0, 0.1) is 0 Å². The maximum atomic E-state index is 13.5. The van der Waals surface area contributed by atoms with Crippen LogP contribution < -0.4 is 11.2 Å². The number of hydrogen-bond donors (Lipinski definition) is 1. The molecule has 1 aliphatic rings. The molecule has 1 fully saturated rings. The second-order valence-electron chi connectivity index (χ2n) is 11.4. The van der Waals surface area contributed by atoms with Gasteiger partial charge in [0.2, 0.25) is 0 Å². The number of nitrogens with zero attached hydrogens (tertiary/aromatic N) is 3. The summed E-state index contributed by atoms with van der Waals surface area (Å²) in [4.78, 5) is 41.1. The van der Waals surface area contributed by atoms with Gasteiger partial charge in [0, 0.05) is 19.6 Å². The fourth-order valence-corrected chi connectivity index (χ4v) is 6.14. The zero-order valence-corrected chi connectivity index (χ0v) is 24.8. The number of hydrogen-bond acceptors (Lipinski definition) is 5. The molecule has 1 atom stereocenters. The molecule has 1 aromatic heterocycles. The summed E-state index contributed by atoms with van der Waals surface area (Å²) in [6.07, 6.45) is 4.41. The first-order valence-corrected chi connectivity index (χ1v) is 15.4. The van der Waals surface area contributed by atoms with Crippen molar-refractivity contribution in [2.75, 3.05) is 19.6 Å². The number of rotatable bonds is 13. The summed E-state index contributed by atoms with van der Waals surface area (Å²) in [6, 6.07) is 26.6. The molecule has 43 heavy (non-hydrogen) atoms. The molecule has 8 nitrogen and oxygen atoms in total. The highest BCUT2D eigenvalue weighted by molar-refractivity contribution is 5.79. The third kappa shape index (κ3) is 7.14. The van der Waals surface area contributed by atoms with E-state index in [0.29, 0.717) is 23.9 Å². The van der Waals surface area contributed by atoms with Gasteiger partial charge in [0.25, 0.3) is 5.56 Å². The Hall–Kier alpha value is -4.01. The lowest BCUT2D eigenvalue weighted by Gasteiger charge is -2.34. The van der Waals surface area contributed by atoms with Crippen LogP contribution in [0.15, 0.2) is 94.5 Å². The van der Waals surface area contributed by atoms with Crippen molar-refractivity contribution in [3.8, 4) is 0 Å². The van der Waals surface area contributed by atoms with Crippen LogP contribution in [-0.2, 0) is 16.1 Å². The normalized spacial score (nSPS) is 15.2. The minimum atomic E-state index is -1.17. The average molecular weight is 584 g/mol. The molecule has 0 radical (unpaired) electrons. The van der Waals surface area contributed by atoms with Gasteiger partial charge in [0.15, 0.2) is 0 Å². The van der Waals surface area contributed by atoms with Gasteiger partial charge in [0.1, 0.15) is 12.1 Å². The van der Waals surface area contributed by atoms with Crippen molar-refractivity contribution in [3.05, 3.63) is 117 Å². The van der Waals surface area contributed by atoms with Crippen LogP contribution in [0.5, 0.6) is 0 Å². The minimum absolute atomic E-state index is 0.0894. The van der Waals surface area contributed by atoms with Crippen molar-refractivity contribution < 1.29 is 14.6 Å². The van der Waals surface area contributed by atoms with E-state index in [1.807, 2.05) is 19.1 Å². The number of aliphatic carboxylic acids is 1. The van der Waals surface area contributed by atoms with Crippen molar-refractivity contribution in [3.63, 3.8) is 0 Å². The molecule has 1 N–H and O–H groups in total. The van der Waals surface area contributed by atoms with Crippen LogP contribution in [0.25, 0.3) is 10.9 Å². The number of aromatic nitrogens is 2. The van der Waals surface area contributed by atoms with Gasteiger partial charge in [-0.15, -0.1) is 0 Å². The SMILES string of the molecule is CCCC(C(=O)O)n1c(=O)c2ccccc2n(CCCCN2CCC(OC(c3ccccc3)c3ccccc3)CC2)c1=O. The van der Waals surface area contributed by atoms with Crippen LogP contribution >= 0.6 is 0 Å². The Balaban J connectivity index is 1.19. The summed E-state index contributed by atoms with van der Waals surface area (Å²) in [7, 11) is 0.